The average Bonchev–Trinajstić information content (AvgIpc) is 3.23. The first-order valence-electron chi connectivity index (χ1n) is 10.3. The first kappa shape index (κ1) is 23.1. The molecule has 0 fully saturated rings. The van der Waals surface area contributed by atoms with Gasteiger partial charge in [0.25, 0.3) is 10.0 Å². The highest BCUT2D eigenvalue weighted by molar-refractivity contribution is 7.93. The molecule has 0 radical (unpaired) electrons. The quantitative estimate of drug-likeness (QED) is 0.490. The van der Waals surface area contributed by atoms with Crippen LogP contribution >= 0.6 is 11.6 Å². The molecule has 0 amide bonds. The van der Waals surface area contributed by atoms with E-state index < -0.39 is 21.8 Å². The summed E-state index contributed by atoms with van der Waals surface area (Å²) in [7, 11) is -3.88. The number of benzene rings is 3. The van der Waals surface area contributed by atoms with E-state index in [4.69, 9.17) is 21.4 Å². The Balaban J connectivity index is 1.57. The fourth-order valence-corrected chi connectivity index (χ4v) is 5.89. The minimum atomic E-state index is -3.88. The average molecular weight is 490 g/mol. The van der Waals surface area contributed by atoms with Crippen molar-refractivity contribution >= 4 is 33.3 Å². The van der Waals surface area contributed by atoms with Crippen molar-refractivity contribution in [3.8, 4) is 5.75 Å². The molecule has 33 heavy (non-hydrogen) atoms. The van der Waals surface area contributed by atoms with E-state index in [1.54, 1.807) is 24.3 Å². The van der Waals surface area contributed by atoms with Crippen molar-refractivity contribution in [1.82, 2.24) is 0 Å². The number of aliphatic carboxylic acids is 1. The molecule has 1 heterocycles. The molecule has 4 rings (SSSR count). The van der Waals surface area contributed by atoms with Crippen LogP contribution in [0.4, 0.5) is 10.1 Å². The van der Waals surface area contributed by atoms with Crippen molar-refractivity contribution in [2.45, 2.75) is 30.8 Å². The van der Waals surface area contributed by atoms with Gasteiger partial charge in [0.15, 0.2) is 0 Å². The SMILES string of the molecule is O=C(O)CCc1ccc(OCc2cccc3c2N(S(=O)(=O)c2ccccc2Cl)CC3)cc1F. The first-order valence-corrected chi connectivity index (χ1v) is 12.1. The molecule has 9 heteroatoms. The maximum Gasteiger partial charge on any atom is 0.303 e. The number of carboxylic acid groups (broad SMARTS) is 1. The number of hydrogen-bond donors (Lipinski definition) is 1. The zero-order valence-corrected chi connectivity index (χ0v) is 19.1. The van der Waals surface area contributed by atoms with Crippen LogP contribution in [0.15, 0.2) is 65.6 Å². The van der Waals surface area contributed by atoms with Gasteiger partial charge in [-0.1, -0.05) is 48.0 Å². The lowest BCUT2D eigenvalue weighted by Crippen LogP contribution is -2.30. The number of halogens is 2. The van der Waals surface area contributed by atoms with E-state index in [0.717, 1.165) is 5.56 Å². The van der Waals surface area contributed by atoms with E-state index in [1.807, 2.05) is 12.1 Å². The zero-order valence-electron chi connectivity index (χ0n) is 17.5. The van der Waals surface area contributed by atoms with Gasteiger partial charge in [-0.05, 0) is 42.2 Å². The van der Waals surface area contributed by atoms with Gasteiger partial charge in [-0.15, -0.1) is 0 Å². The Morgan fingerprint density at radius 2 is 1.88 bits per heavy atom. The van der Waals surface area contributed by atoms with Gasteiger partial charge in [-0.2, -0.15) is 0 Å². The maximum absolute atomic E-state index is 14.3. The number of carboxylic acids is 1. The fourth-order valence-electron chi connectivity index (χ4n) is 3.85. The molecule has 3 aromatic carbocycles. The number of fused-ring (bicyclic) bond motifs is 1. The molecule has 3 aromatic rings. The van der Waals surface area contributed by atoms with Crippen molar-refractivity contribution < 1.29 is 27.4 Å². The molecule has 0 atom stereocenters. The molecule has 0 unspecified atom stereocenters. The first-order chi connectivity index (χ1) is 15.8. The van der Waals surface area contributed by atoms with E-state index in [2.05, 4.69) is 0 Å². The molecule has 172 valence electrons. The number of anilines is 1. The van der Waals surface area contributed by atoms with Crippen LogP contribution in [0, 0.1) is 5.82 Å². The van der Waals surface area contributed by atoms with Crippen LogP contribution in [0.25, 0.3) is 0 Å². The molecule has 0 saturated heterocycles. The summed E-state index contributed by atoms with van der Waals surface area (Å²) >= 11 is 6.16. The molecule has 0 aromatic heterocycles. The van der Waals surface area contributed by atoms with Gasteiger partial charge in [-0.25, -0.2) is 12.8 Å². The maximum atomic E-state index is 14.3. The van der Waals surface area contributed by atoms with Crippen molar-refractivity contribution in [3.05, 3.63) is 88.2 Å². The third-order valence-electron chi connectivity index (χ3n) is 5.47. The summed E-state index contributed by atoms with van der Waals surface area (Å²) in [6.45, 7) is 0.318. The minimum Gasteiger partial charge on any atom is -0.489 e. The van der Waals surface area contributed by atoms with Gasteiger partial charge in [0.05, 0.1) is 10.7 Å². The molecular formula is C24H21ClFNO5S. The number of sulfonamides is 1. The molecule has 1 N–H and O–H groups in total. The van der Waals surface area contributed by atoms with Crippen molar-refractivity contribution in [2.75, 3.05) is 10.8 Å². The Kier molecular flexibility index (Phi) is 6.58. The van der Waals surface area contributed by atoms with Crippen LogP contribution in [0.1, 0.15) is 23.1 Å². The second-order valence-electron chi connectivity index (χ2n) is 7.62. The Morgan fingerprint density at radius 3 is 2.61 bits per heavy atom. The van der Waals surface area contributed by atoms with Crippen molar-refractivity contribution in [3.63, 3.8) is 0 Å². The van der Waals surface area contributed by atoms with Gasteiger partial charge in [-0.3, -0.25) is 9.10 Å². The summed E-state index contributed by atoms with van der Waals surface area (Å²) < 4.78 is 48.1. The number of carbonyl (C=O) groups is 1. The fraction of sp³-hybridized carbons (Fsp3) is 0.208. The smallest absolute Gasteiger partial charge is 0.303 e. The molecule has 0 spiro atoms. The number of para-hydroxylation sites is 1. The number of nitrogens with zero attached hydrogens (tertiary/aromatic N) is 1. The lowest BCUT2D eigenvalue weighted by Gasteiger charge is -2.23. The Morgan fingerprint density at radius 1 is 1.09 bits per heavy atom. The largest absolute Gasteiger partial charge is 0.489 e. The van der Waals surface area contributed by atoms with Crippen LogP contribution in [-0.4, -0.2) is 26.0 Å². The molecular weight excluding hydrogens is 469 g/mol. The van der Waals surface area contributed by atoms with Crippen LogP contribution in [0.2, 0.25) is 5.02 Å². The van der Waals surface area contributed by atoms with Crippen LogP contribution in [0.3, 0.4) is 0 Å². The highest BCUT2D eigenvalue weighted by Gasteiger charge is 2.34. The number of ether oxygens (including phenoxy) is 1. The number of aryl methyl sites for hydroxylation is 1. The lowest BCUT2D eigenvalue weighted by atomic mass is 10.1. The summed E-state index contributed by atoms with van der Waals surface area (Å²) in [6, 6.07) is 16.1. The number of rotatable bonds is 8. The Labute approximate surface area is 196 Å². The van der Waals surface area contributed by atoms with E-state index in [9.17, 15) is 17.6 Å². The minimum absolute atomic E-state index is 0.0334. The van der Waals surface area contributed by atoms with E-state index in [1.165, 1.54) is 28.6 Å². The van der Waals surface area contributed by atoms with E-state index >= 15 is 0 Å². The summed E-state index contributed by atoms with van der Waals surface area (Å²) in [4.78, 5) is 10.7. The lowest BCUT2D eigenvalue weighted by molar-refractivity contribution is -0.136. The van der Waals surface area contributed by atoms with Gasteiger partial charge in [0, 0.05) is 24.6 Å². The molecule has 1 aliphatic heterocycles. The molecule has 0 aliphatic carbocycles. The van der Waals surface area contributed by atoms with E-state index in [0.29, 0.717) is 23.2 Å². The Hall–Kier alpha value is -3.10. The highest BCUT2D eigenvalue weighted by atomic mass is 35.5. The summed E-state index contributed by atoms with van der Waals surface area (Å²) in [5.74, 6) is -1.28. The second kappa shape index (κ2) is 9.41. The number of hydrogen-bond acceptors (Lipinski definition) is 4. The molecule has 6 nitrogen and oxygen atoms in total. The predicted molar refractivity (Wildman–Crippen MR) is 123 cm³/mol. The summed E-state index contributed by atoms with van der Waals surface area (Å²) in [5, 5.41) is 8.92. The third-order valence-corrected chi connectivity index (χ3v) is 7.77. The summed E-state index contributed by atoms with van der Waals surface area (Å²) in [6.07, 6.45) is 0.477. The normalized spacial score (nSPS) is 13.1. The summed E-state index contributed by atoms with van der Waals surface area (Å²) in [5.41, 5.74) is 2.37. The molecule has 0 bridgehead atoms. The van der Waals surface area contributed by atoms with Crippen LogP contribution in [-0.2, 0) is 34.3 Å². The van der Waals surface area contributed by atoms with Crippen molar-refractivity contribution in [1.29, 1.82) is 0 Å². The standard InChI is InChI=1S/C24H21ClFNO5S/c25-20-6-1-2-7-22(20)33(30,31)27-13-12-17-4-3-5-18(24(17)27)15-32-19-10-8-16(21(26)14-19)9-11-23(28)29/h1-8,10,14H,9,11-13,15H2,(H,28,29). The van der Waals surface area contributed by atoms with E-state index in [-0.39, 0.29) is 41.7 Å². The van der Waals surface area contributed by atoms with Crippen molar-refractivity contribution in [2.24, 2.45) is 0 Å². The molecule has 0 saturated carbocycles. The monoisotopic (exact) mass is 489 g/mol. The van der Waals surface area contributed by atoms with Gasteiger partial charge < -0.3 is 9.84 Å². The van der Waals surface area contributed by atoms with Crippen LogP contribution in [0.5, 0.6) is 5.75 Å². The second-order valence-corrected chi connectivity index (χ2v) is 9.86. The van der Waals surface area contributed by atoms with Crippen LogP contribution < -0.4 is 9.04 Å². The molecule has 1 aliphatic rings. The highest BCUT2D eigenvalue weighted by Crippen LogP contribution is 2.38. The third kappa shape index (κ3) is 4.82. The Bertz CT molecular complexity index is 1310. The van der Waals surface area contributed by atoms with Gasteiger partial charge in [0.1, 0.15) is 23.1 Å². The predicted octanol–water partition coefficient (Wildman–Crippen LogP) is 4.83. The van der Waals surface area contributed by atoms with Gasteiger partial charge in [0.2, 0.25) is 0 Å². The zero-order chi connectivity index (χ0) is 23.6. The van der Waals surface area contributed by atoms with Gasteiger partial charge >= 0.3 is 5.97 Å². The topological polar surface area (TPSA) is 83.9 Å².